The maximum Gasteiger partial charge on any atom is 0.337 e. The second-order valence-electron chi connectivity index (χ2n) is 14.2. The fraction of sp³-hybridized carbons (Fsp3) is 0.366. The second kappa shape index (κ2) is 15.9. The normalized spacial score (nSPS) is 14.6. The standard InChI is InChI=1S/C23H27FO4.C18H19FO3/c1-23(2,3)19-13-15(22(25)26-4)8-10-17(19)18-14-16(9-11-20(18)24)28-21-7-5-6-12-27-21;1-18(2,3)15-9-11(17(21)22-4)5-7-13(15)14-10-12(20)6-8-16(14)19/h8-11,13-14,21H,5-7,12H2,1-4H3;5-10,20H,1-4H3. The van der Waals surface area contributed by atoms with Crippen LogP contribution in [0.1, 0.15) is 92.6 Å². The molecule has 1 atom stereocenters. The lowest BCUT2D eigenvalue weighted by molar-refractivity contribution is -0.105. The quantitative estimate of drug-likeness (QED) is 0.202. The number of rotatable bonds is 6. The molecule has 4 aromatic carbocycles. The van der Waals surface area contributed by atoms with Gasteiger partial charge in [0.2, 0.25) is 0 Å². The lowest BCUT2D eigenvalue weighted by Gasteiger charge is -2.25. The topological polar surface area (TPSA) is 91.3 Å². The third kappa shape index (κ3) is 9.27. The lowest BCUT2D eigenvalue weighted by atomic mass is 9.81. The molecule has 1 heterocycles. The zero-order chi connectivity index (χ0) is 36.8. The van der Waals surface area contributed by atoms with Crippen LogP contribution in [0.2, 0.25) is 0 Å². The summed E-state index contributed by atoms with van der Waals surface area (Å²) in [5.41, 5.74) is 4.04. The van der Waals surface area contributed by atoms with Crippen molar-refractivity contribution in [2.45, 2.75) is 77.9 Å². The van der Waals surface area contributed by atoms with Crippen LogP contribution in [0.4, 0.5) is 8.78 Å². The second-order valence-corrected chi connectivity index (χ2v) is 14.2. The summed E-state index contributed by atoms with van der Waals surface area (Å²) in [7, 11) is 2.67. The minimum atomic E-state index is -0.437. The van der Waals surface area contributed by atoms with Crippen LogP contribution in [0.3, 0.4) is 0 Å². The van der Waals surface area contributed by atoms with Gasteiger partial charge in [0.05, 0.1) is 32.0 Å². The number of phenolic OH excluding ortho intramolecular Hbond substituents is 1. The molecule has 0 radical (unpaired) electrons. The summed E-state index contributed by atoms with van der Waals surface area (Å²) >= 11 is 0. The zero-order valence-corrected chi connectivity index (χ0v) is 30.0. The van der Waals surface area contributed by atoms with Gasteiger partial charge in [-0.2, -0.15) is 0 Å². The Morgan fingerprint density at radius 2 is 1.18 bits per heavy atom. The summed E-state index contributed by atoms with van der Waals surface area (Å²) < 4.78 is 50.0. The van der Waals surface area contributed by atoms with Crippen LogP contribution in [-0.2, 0) is 25.0 Å². The van der Waals surface area contributed by atoms with Gasteiger partial charge in [-0.1, -0.05) is 53.7 Å². The van der Waals surface area contributed by atoms with E-state index in [1.165, 1.54) is 38.5 Å². The summed E-state index contributed by atoms with van der Waals surface area (Å²) in [5.74, 6) is -1.05. The Bertz CT molecular complexity index is 1830. The van der Waals surface area contributed by atoms with Crippen molar-refractivity contribution in [2.75, 3.05) is 20.8 Å². The van der Waals surface area contributed by atoms with E-state index in [9.17, 15) is 23.5 Å². The molecule has 1 aliphatic heterocycles. The highest BCUT2D eigenvalue weighted by atomic mass is 19.1. The highest BCUT2D eigenvalue weighted by Crippen LogP contribution is 2.38. The Labute approximate surface area is 293 Å². The van der Waals surface area contributed by atoms with Gasteiger partial charge in [-0.05, 0) is 107 Å². The molecule has 7 nitrogen and oxygen atoms in total. The number of benzene rings is 4. The summed E-state index contributed by atoms with van der Waals surface area (Å²) in [6.45, 7) is 12.7. The number of methoxy groups -OCH3 is 2. The number of aromatic hydroxyl groups is 1. The number of carbonyl (C=O) groups excluding carboxylic acids is 2. The summed E-state index contributed by atoms with van der Waals surface area (Å²) in [6, 6.07) is 18.9. The van der Waals surface area contributed by atoms with Crippen molar-refractivity contribution in [3.8, 4) is 33.8 Å². The summed E-state index contributed by atoms with van der Waals surface area (Å²) in [4.78, 5) is 23.7. The van der Waals surface area contributed by atoms with Crippen molar-refractivity contribution in [3.63, 3.8) is 0 Å². The molecule has 266 valence electrons. The van der Waals surface area contributed by atoms with Crippen LogP contribution in [0, 0.1) is 11.6 Å². The molecule has 50 heavy (non-hydrogen) atoms. The van der Waals surface area contributed by atoms with Crippen molar-refractivity contribution < 1.29 is 42.4 Å². The molecular weight excluding hydrogens is 642 g/mol. The summed E-state index contributed by atoms with van der Waals surface area (Å²) in [5, 5.41) is 9.63. The molecule has 0 spiro atoms. The highest BCUT2D eigenvalue weighted by molar-refractivity contribution is 5.91. The molecule has 0 saturated carbocycles. The van der Waals surface area contributed by atoms with E-state index >= 15 is 0 Å². The number of halogens is 2. The Morgan fingerprint density at radius 3 is 1.64 bits per heavy atom. The van der Waals surface area contributed by atoms with Gasteiger partial charge in [-0.25, -0.2) is 18.4 Å². The molecule has 0 bridgehead atoms. The highest BCUT2D eigenvalue weighted by Gasteiger charge is 2.25. The number of hydrogen-bond donors (Lipinski definition) is 1. The zero-order valence-electron chi connectivity index (χ0n) is 30.0. The SMILES string of the molecule is COC(=O)c1ccc(-c2cc(O)ccc2F)c(C(C)(C)C)c1.COC(=O)c1ccc(-c2cc(OC3CCCCO3)ccc2F)c(C(C)(C)C)c1. The monoisotopic (exact) mass is 688 g/mol. The van der Waals surface area contributed by atoms with Crippen LogP contribution >= 0.6 is 0 Å². The molecule has 0 amide bonds. The van der Waals surface area contributed by atoms with Gasteiger partial charge in [0, 0.05) is 17.5 Å². The minimum absolute atomic E-state index is 0.00620. The van der Waals surface area contributed by atoms with E-state index in [0.29, 0.717) is 40.2 Å². The number of carbonyl (C=O) groups is 2. The van der Waals surface area contributed by atoms with Crippen LogP contribution in [0.25, 0.3) is 22.3 Å². The third-order valence-corrected chi connectivity index (χ3v) is 8.37. The number of esters is 2. The predicted octanol–water partition coefficient (Wildman–Crippen LogP) is 9.76. The molecule has 0 aromatic heterocycles. The average Bonchev–Trinajstić information content (AvgIpc) is 3.09. The lowest BCUT2D eigenvalue weighted by Crippen LogP contribution is -2.25. The Morgan fingerprint density at radius 1 is 0.680 bits per heavy atom. The van der Waals surface area contributed by atoms with Gasteiger partial charge in [0.25, 0.3) is 0 Å². The van der Waals surface area contributed by atoms with Crippen molar-refractivity contribution >= 4 is 11.9 Å². The van der Waals surface area contributed by atoms with Crippen LogP contribution < -0.4 is 4.74 Å². The maximum absolute atomic E-state index is 14.7. The van der Waals surface area contributed by atoms with Crippen LogP contribution in [0.5, 0.6) is 11.5 Å². The van der Waals surface area contributed by atoms with E-state index in [1.807, 2.05) is 41.5 Å². The van der Waals surface area contributed by atoms with E-state index in [2.05, 4.69) is 0 Å². The van der Waals surface area contributed by atoms with E-state index in [0.717, 1.165) is 36.0 Å². The molecule has 1 unspecified atom stereocenters. The van der Waals surface area contributed by atoms with Crippen LogP contribution in [0.15, 0.2) is 72.8 Å². The van der Waals surface area contributed by atoms with Gasteiger partial charge in [0.15, 0.2) is 6.29 Å². The van der Waals surface area contributed by atoms with E-state index in [4.69, 9.17) is 18.9 Å². The third-order valence-electron chi connectivity index (χ3n) is 8.37. The van der Waals surface area contributed by atoms with Gasteiger partial charge in [0.1, 0.15) is 23.1 Å². The molecule has 4 aromatic rings. The molecule has 1 fully saturated rings. The maximum atomic E-state index is 14.7. The first kappa shape index (κ1) is 38.0. The van der Waals surface area contributed by atoms with E-state index < -0.39 is 17.8 Å². The van der Waals surface area contributed by atoms with Gasteiger partial charge in [-0.15, -0.1) is 0 Å². The fourth-order valence-corrected chi connectivity index (χ4v) is 5.75. The molecule has 0 aliphatic carbocycles. The Kier molecular flexibility index (Phi) is 12.1. The average molecular weight is 689 g/mol. The van der Waals surface area contributed by atoms with E-state index in [1.54, 1.807) is 48.5 Å². The molecule has 1 aliphatic rings. The Hall–Kier alpha value is -4.76. The van der Waals surface area contributed by atoms with Crippen molar-refractivity contribution in [1.82, 2.24) is 0 Å². The predicted molar refractivity (Wildman–Crippen MR) is 190 cm³/mol. The molecule has 1 N–H and O–H groups in total. The van der Waals surface area contributed by atoms with Crippen LogP contribution in [-0.4, -0.2) is 44.2 Å². The number of phenols is 1. The molecule has 5 rings (SSSR count). The van der Waals surface area contributed by atoms with Gasteiger partial charge in [-0.3, -0.25) is 0 Å². The van der Waals surface area contributed by atoms with Crippen molar-refractivity contribution in [2.24, 2.45) is 0 Å². The number of hydrogen-bond acceptors (Lipinski definition) is 7. The first-order valence-electron chi connectivity index (χ1n) is 16.6. The van der Waals surface area contributed by atoms with E-state index in [-0.39, 0.29) is 28.7 Å². The van der Waals surface area contributed by atoms with Gasteiger partial charge >= 0.3 is 11.9 Å². The fourth-order valence-electron chi connectivity index (χ4n) is 5.75. The molecule has 9 heteroatoms. The molecular formula is C41H46F2O7. The first-order chi connectivity index (χ1) is 23.5. The minimum Gasteiger partial charge on any atom is -0.508 e. The summed E-state index contributed by atoms with van der Waals surface area (Å²) in [6.07, 6.45) is 2.63. The Balaban J connectivity index is 0.000000232. The van der Waals surface area contributed by atoms with Crippen molar-refractivity contribution in [3.05, 3.63) is 107 Å². The first-order valence-corrected chi connectivity index (χ1v) is 16.6. The molecule has 1 saturated heterocycles. The van der Waals surface area contributed by atoms with Crippen molar-refractivity contribution in [1.29, 1.82) is 0 Å². The smallest absolute Gasteiger partial charge is 0.337 e. The van der Waals surface area contributed by atoms with Gasteiger partial charge < -0.3 is 24.1 Å². The number of ether oxygens (including phenoxy) is 4. The largest absolute Gasteiger partial charge is 0.508 e.